The molecule has 156 valence electrons. The minimum absolute atomic E-state index is 0.307. The third-order valence-corrected chi connectivity index (χ3v) is 5.23. The fourth-order valence-corrected chi connectivity index (χ4v) is 3.55. The summed E-state index contributed by atoms with van der Waals surface area (Å²) in [4.78, 5) is 13.2. The zero-order valence-corrected chi connectivity index (χ0v) is 17.4. The number of hydrogen-bond acceptors (Lipinski definition) is 6. The Bertz CT molecular complexity index is 1010. The van der Waals surface area contributed by atoms with E-state index in [1.807, 2.05) is 30.3 Å². The predicted octanol–water partition coefficient (Wildman–Crippen LogP) is 2.99. The van der Waals surface area contributed by atoms with Crippen molar-refractivity contribution in [3.8, 4) is 17.1 Å². The van der Waals surface area contributed by atoms with Crippen LogP contribution in [-0.4, -0.2) is 59.3 Å². The van der Waals surface area contributed by atoms with E-state index in [1.165, 1.54) is 0 Å². The molecule has 4 rings (SSSR count). The SMILES string of the molecule is CN=C(NCc1nc(-c2ccc(Cl)cc2)no1)N1CCN(c2ccccc2O)CC1. The maximum absolute atomic E-state index is 10.1. The van der Waals surface area contributed by atoms with Gasteiger partial charge in [-0.3, -0.25) is 4.99 Å². The van der Waals surface area contributed by atoms with Gasteiger partial charge in [0.1, 0.15) is 5.75 Å². The Labute approximate surface area is 179 Å². The van der Waals surface area contributed by atoms with E-state index in [-0.39, 0.29) is 0 Å². The Morgan fingerprint density at radius 2 is 1.87 bits per heavy atom. The van der Waals surface area contributed by atoms with Gasteiger partial charge in [-0.25, -0.2) is 0 Å². The smallest absolute Gasteiger partial charge is 0.246 e. The van der Waals surface area contributed by atoms with Gasteiger partial charge in [-0.05, 0) is 36.4 Å². The lowest BCUT2D eigenvalue weighted by molar-refractivity contribution is 0.354. The second-order valence-electron chi connectivity index (χ2n) is 6.88. The van der Waals surface area contributed by atoms with Gasteiger partial charge in [-0.2, -0.15) is 4.98 Å². The summed E-state index contributed by atoms with van der Waals surface area (Å²) in [5.74, 6) is 2.09. The number of aliphatic imine (C=N–C) groups is 1. The van der Waals surface area contributed by atoms with E-state index >= 15 is 0 Å². The molecule has 0 radical (unpaired) electrons. The molecule has 8 nitrogen and oxygen atoms in total. The average molecular weight is 427 g/mol. The number of piperazine rings is 1. The normalized spacial score (nSPS) is 14.8. The number of nitrogens with zero attached hydrogens (tertiary/aromatic N) is 5. The van der Waals surface area contributed by atoms with Gasteiger partial charge in [0.05, 0.1) is 12.2 Å². The Kier molecular flexibility index (Phi) is 6.04. The maximum atomic E-state index is 10.1. The molecule has 1 aromatic heterocycles. The molecule has 1 fully saturated rings. The van der Waals surface area contributed by atoms with Crippen LogP contribution in [0.4, 0.5) is 5.69 Å². The molecular weight excluding hydrogens is 404 g/mol. The van der Waals surface area contributed by atoms with Crippen LogP contribution in [-0.2, 0) is 6.54 Å². The molecule has 0 atom stereocenters. The lowest BCUT2D eigenvalue weighted by Gasteiger charge is -2.37. The molecule has 0 amide bonds. The fourth-order valence-electron chi connectivity index (χ4n) is 3.42. The van der Waals surface area contributed by atoms with Gasteiger partial charge in [0, 0.05) is 43.8 Å². The number of phenols is 1. The monoisotopic (exact) mass is 426 g/mol. The molecule has 30 heavy (non-hydrogen) atoms. The van der Waals surface area contributed by atoms with Gasteiger partial charge in [0.15, 0.2) is 5.96 Å². The molecule has 1 aliphatic heterocycles. The highest BCUT2D eigenvalue weighted by Gasteiger charge is 2.21. The number of hydrogen-bond donors (Lipinski definition) is 2. The topological polar surface area (TPSA) is 90.0 Å². The standard InChI is InChI=1S/C21H23ClN6O2/c1-23-21(28-12-10-27(11-13-28)17-4-2-3-5-18(17)29)24-14-19-25-20(26-30-19)15-6-8-16(22)9-7-15/h2-9,29H,10-14H2,1H3,(H,23,24). The van der Waals surface area contributed by atoms with E-state index in [4.69, 9.17) is 16.1 Å². The quantitative estimate of drug-likeness (QED) is 0.489. The number of anilines is 1. The summed E-state index contributed by atoms with van der Waals surface area (Å²) in [5.41, 5.74) is 1.71. The molecule has 2 heterocycles. The molecule has 2 aromatic carbocycles. The molecule has 0 aliphatic carbocycles. The van der Waals surface area contributed by atoms with Crippen molar-refractivity contribution in [1.82, 2.24) is 20.4 Å². The summed E-state index contributed by atoms with van der Waals surface area (Å²) in [6.45, 7) is 3.54. The highest BCUT2D eigenvalue weighted by molar-refractivity contribution is 6.30. The van der Waals surface area contributed by atoms with Crippen molar-refractivity contribution in [2.75, 3.05) is 38.1 Å². The van der Waals surface area contributed by atoms with Crippen LogP contribution in [0.3, 0.4) is 0 Å². The zero-order valence-electron chi connectivity index (χ0n) is 16.6. The third-order valence-electron chi connectivity index (χ3n) is 4.98. The van der Waals surface area contributed by atoms with E-state index in [0.29, 0.717) is 29.0 Å². The molecule has 0 unspecified atom stereocenters. The molecule has 0 saturated carbocycles. The summed E-state index contributed by atoms with van der Waals surface area (Å²) < 4.78 is 5.35. The fraction of sp³-hybridized carbons (Fsp3) is 0.286. The first-order valence-corrected chi connectivity index (χ1v) is 10.1. The maximum Gasteiger partial charge on any atom is 0.246 e. The number of halogens is 1. The first-order valence-electron chi connectivity index (χ1n) is 9.71. The number of rotatable bonds is 4. The first kappa shape index (κ1) is 20.0. The third kappa shape index (κ3) is 4.49. The van der Waals surface area contributed by atoms with Crippen LogP contribution in [0.25, 0.3) is 11.4 Å². The number of benzene rings is 2. The molecule has 0 spiro atoms. The highest BCUT2D eigenvalue weighted by atomic mass is 35.5. The summed E-state index contributed by atoms with van der Waals surface area (Å²) in [6, 6.07) is 14.7. The van der Waals surface area contributed by atoms with E-state index in [9.17, 15) is 5.11 Å². The number of guanidine groups is 1. The summed E-state index contributed by atoms with van der Waals surface area (Å²) in [7, 11) is 1.75. The Balaban J connectivity index is 1.33. The van der Waals surface area contributed by atoms with Gasteiger partial charge in [0.2, 0.25) is 11.7 Å². The van der Waals surface area contributed by atoms with E-state index in [0.717, 1.165) is 43.4 Å². The second-order valence-corrected chi connectivity index (χ2v) is 7.32. The van der Waals surface area contributed by atoms with Crippen LogP contribution in [0.1, 0.15) is 5.89 Å². The summed E-state index contributed by atoms with van der Waals surface area (Å²) >= 11 is 5.92. The van der Waals surface area contributed by atoms with Crippen LogP contribution in [0.5, 0.6) is 5.75 Å². The van der Waals surface area contributed by atoms with Crippen LogP contribution >= 0.6 is 11.6 Å². The summed E-state index contributed by atoms with van der Waals surface area (Å²) in [5, 5.41) is 18.1. The number of nitrogens with one attached hydrogen (secondary N) is 1. The molecule has 1 aliphatic rings. The van der Waals surface area contributed by atoms with Crippen LogP contribution in [0.15, 0.2) is 58.0 Å². The minimum atomic E-state index is 0.307. The minimum Gasteiger partial charge on any atom is -0.506 e. The number of aromatic nitrogens is 2. The second kappa shape index (κ2) is 9.04. The molecular formula is C21H23ClN6O2. The number of aromatic hydroxyl groups is 1. The lowest BCUT2D eigenvalue weighted by Crippen LogP contribution is -2.52. The van der Waals surface area contributed by atoms with Crippen LogP contribution < -0.4 is 10.2 Å². The molecule has 0 bridgehead atoms. The van der Waals surface area contributed by atoms with Crippen LogP contribution in [0.2, 0.25) is 5.02 Å². The average Bonchev–Trinajstić information content (AvgIpc) is 3.25. The van der Waals surface area contributed by atoms with Crippen molar-refractivity contribution in [2.24, 2.45) is 4.99 Å². The van der Waals surface area contributed by atoms with Crippen molar-refractivity contribution >= 4 is 23.2 Å². The van der Waals surface area contributed by atoms with Gasteiger partial charge >= 0.3 is 0 Å². The van der Waals surface area contributed by atoms with E-state index < -0.39 is 0 Å². The van der Waals surface area contributed by atoms with Gasteiger partial charge in [0.25, 0.3) is 0 Å². The Morgan fingerprint density at radius 1 is 1.13 bits per heavy atom. The van der Waals surface area contributed by atoms with E-state index in [2.05, 4.69) is 30.2 Å². The van der Waals surface area contributed by atoms with Crippen molar-refractivity contribution in [2.45, 2.75) is 6.54 Å². The van der Waals surface area contributed by atoms with Crippen molar-refractivity contribution < 1.29 is 9.63 Å². The largest absolute Gasteiger partial charge is 0.506 e. The van der Waals surface area contributed by atoms with Gasteiger partial charge < -0.3 is 24.7 Å². The highest BCUT2D eigenvalue weighted by Crippen LogP contribution is 2.27. The van der Waals surface area contributed by atoms with Crippen molar-refractivity contribution in [1.29, 1.82) is 0 Å². The molecule has 9 heteroatoms. The predicted molar refractivity (Wildman–Crippen MR) is 117 cm³/mol. The molecule has 3 aromatic rings. The Hall–Kier alpha value is -3.26. The van der Waals surface area contributed by atoms with Crippen molar-refractivity contribution in [3.05, 3.63) is 59.4 Å². The molecule has 2 N–H and O–H groups in total. The van der Waals surface area contributed by atoms with Crippen molar-refractivity contribution in [3.63, 3.8) is 0 Å². The van der Waals surface area contributed by atoms with E-state index in [1.54, 1.807) is 25.2 Å². The Morgan fingerprint density at radius 3 is 2.57 bits per heavy atom. The first-order chi connectivity index (χ1) is 14.6. The number of phenolic OH excluding ortho intramolecular Hbond substituents is 1. The lowest BCUT2D eigenvalue weighted by atomic mass is 10.2. The summed E-state index contributed by atoms with van der Waals surface area (Å²) in [6.07, 6.45) is 0. The van der Waals surface area contributed by atoms with Crippen LogP contribution in [0, 0.1) is 0 Å². The van der Waals surface area contributed by atoms with Gasteiger partial charge in [-0.1, -0.05) is 28.9 Å². The van der Waals surface area contributed by atoms with Gasteiger partial charge in [-0.15, -0.1) is 0 Å². The number of para-hydroxylation sites is 2. The zero-order chi connectivity index (χ0) is 20.9. The molecule has 1 saturated heterocycles.